The molecule has 0 fully saturated rings. The summed E-state index contributed by atoms with van der Waals surface area (Å²) < 4.78 is 0. The topological polar surface area (TPSA) is 57.5 Å². The number of aromatic hydroxyl groups is 1. The van der Waals surface area contributed by atoms with Crippen molar-refractivity contribution in [2.45, 2.75) is 13.3 Å². The third-order valence-corrected chi connectivity index (χ3v) is 2.44. The molecule has 0 aliphatic carbocycles. The molecule has 3 nitrogen and oxygen atoms in total. The van der Waals surface area contributed by atoms with Crippen molar-refractivity contribution in [2.24, 2.45) is 5.92 Å². The number of phenolic OH excluding ortho intramolecular Hbond substituents is 1. The molecule has 0 aromatic heterocycles. The zero-order valence-electron chi connectivity index (χ0n) is 7.70. The molecule has 1 atom stereocenters. The monoisotopic (exact) mass is 214 g/mol. The molecular formula is C10H11ClO3. The Labute approximate surface area is 86.9 Å². The number of hydrogen-bond donors (Lipinski definition) is 2. The van der Waals surface area contributed by atoms with Crippen LogP contribution in [-0.4, -0.2) is 16.2 Å². The molecule has 1 aromatic carbocycles. The average molecular weight is 215 g/mol. The molecule has 0 saturated carbocycles. The predicted molar refractivity (Wildman–Crippen MR) is 53.6 cm³/mol. The maximum Gasteiger partial charge on any atom is 0.306 e. The molecule has 4 heteroatoms. The number of rotatable bonds is 3. The van der Waals surface area contributed by atoms with Gasteiger partial charge in [0.25, 0.3) is 0 Å². The van der Waals surface area contributed by atoms with E-state index in [0.717, 1.165) is 0 Å². The molecule has 1 aromatic rings. The minimum absolute atomic E-state index is 0.0123. The molecule has 0 saturated heterocycles. The van der Waals surface area contributed by atoms with E-state index in [1.165, 1.54) is 6.07 Å². The molecule has 0 amide bonds. The van der Waals surface area contributed by atoms with Crippen molar-refractivity contribution in [1.82, 2.24) is 0 Å². The molecule has 0 bridgehead atoms. The Morgan fingerprint density at radius 2 is 2.21 bits per heavy atom. The highest BCUT2D eigenvalue weighted by atomic mass is 35.5. The molecule has 0 heterocycles. The highest BCUT2D eigenvalue weighted by Crippen LogP contribution is 2.28. The second-order valence-corrected chi connectivity index (χ2v) is 3.57. The van der Waals surface area contributed by atoms with Crippen LogP contribution in [0.3, 0.4) is 0 Å². The fourth-order valence-electron chi connectivity index (χ4n) is 1.14. The van der Waals surface area contributed by atoms with Crippen molar-refractivity contribution in [3.63, 3.8) is 0 Å². The van der Waals surface area contributed by atoms with Crippen LogP contribution >= 0.6 is 11.6 Å². The van der Waals surface area contributed by atoms with Crippen LogP contribution in [0.1, 0.15) is 12.5 Å². The third-order valence-electron chi connectivity index (χ3n) is 2.01. The van der Waals surface area contributed by atoms with E-state index in [0.29, 0.717) is 12.0 Å². The summed E-state index contributed by atoms with van der Waals surface area (Å²) in [6.45, 7) is 1.60. The van der Waals surface area contributed by atoms with Gasteiger partial charge in [0.2, 0.25) is 0 Å². The van der Waals surface area contributed by atoms with E-state index in [2.05, 4.69) is 0 Å². The molecule has 0 radical (unpaired) electrons. The van der Waals surface area contributed by atoms with Gasteiger partial charge in [-0.3, -0.25) is 4.79 Å². The van der Waals surface area contributed by atoms with Crippen molar-refractivity contribution < 1.29 is 15.0 Å². The number of carboxylic acid groups (broad SMARTS) is 1. The Morgan fingerprint density at radius 1 is 1.57 bits per heavy atom. The van der Waals surface area contributed by atoms with Gasteiger partial charge in [0, 0.05) is 0 Å². The maximum absolute atomic E-state index is 10.6. The van der Waals surface area contributed by atoms with Crippen LogP contribution in [0.25, 0.3) is 0 Å². The van der Waals surface area contributed by atoms with E-state index in [4.69, 9.17) is 16.7 Å². The molecule has 0 unspecified atom stereocenters. The largest absolute Gasteiger partial charge is 0.506 e. The molecule has 0 spiro atoms. The Morgan fingerprint density at radius 3 is 2.79 bits per heavy atom. The van der Waals surface area contributed by atoms with Crippen molar-refractivity contribution in [2.75, 3.05) is 0 Å². The number of aliphatic carboxylic acids is 1. The Hall–Kier alpha value is -1.22. The lowest BCUT2D eigenvalue weighted by atomic mass is 10.0. The van der Waals surface area contributed by atoms with Gasteiger partial charge >= 0.3 is 5.97 Å². The molecule has 76 valence electrons. The van der Waals surface area contributed by atoms with Crippen LogP contribution in [0.2, 0.25) is 5.02 Å². The SMILES string of the molecule is C[C@@H](Cc1cccc(O)c1Cl)C(=O)O. The lowest BCUT2D eigenvalue weighted by Crippen LogP contribution is -2.12. The second-order valence-electron chi connectivity index (χ2n) is 3.19. The van der Waals surface area contributed by atoms with Gasteiger partial charge in [-0.1, -0.05) is 30.7 Å². The highest BCUT2D eigenvalue weighted by molar-refractivity contribution is 6.32. The van der Waals surface area contributed by atoms with Crippen LogP contribution in [0, 0.1) is 5.92 Å². The Bertz CT molecular complexity index is 349. The first-order valence-corrected chi connectivity index (χ1v) is 4.59. The third kappa shape index (κ3) is 2.39. The number of benzene rings is 1. The van der Waals surface area contributed by atoms with Gasteiger partial charge in [-0.05, 0) is 18.1 Å². The average Bonchev–Trinajstić information content (AvgIpc) is 2.12. The van der Waals surface area contributed by atoms with E-state index in [1.54, 1.807) is 19.1 Å². The van der Waals surface area contributed by atoms with Gasteiger partial charge in [-0.25, -0.2) is 0 Å². The number of phenols is 1. The van der Waals surface area contributed by atoms with Crippen molar-refractivity contribution in [1.29, 1.82) is 0 Å². The summed E-state index contributed by atoms with van der Waals surface area (Å²) in [4.78, 5) is 10.6. The predicted octanol–water partition coefficient (Wildman–Crippen LogP) is 2.31. The minimum Gasteiger partial charge on any atom is -0.506 e. The Kier molecular flexibility index (Phi) is 3.36. The molecule has 14 heavy (non-hydrogen) atoms. The van der Waals surface area contributed by atoms with Gasteiger partial charge < -0.3 is 10.2 Å². The first kappa shape index (κ1) is 10.9. The van der Waals surface area contributed by atoms with Gasteiger partial charge in [0.15, 0.2) is 0 Å². The van der Waals surface area contributed by atoms with Crippen LogP contribution in [0.4, 0.5) is 0 Å². The van der Waals surface area contributed by atoms with Crippen molar-refractivity contribution in [3.05, 3.63) is 28.8 Å². The number of halogens is 1. The fraction of sp³-hybridized carbons (Fsp3) is 0.300. The maximum atomic E-state index is 10.6. The zero-order valence-corrected chi connectivity index (χ0v) is 8.45. The van der Waals surface area contributed by atoms with Gasteiger partial charge in [0.1, 0.15) is 5.75 Å². The van der Waals surface area contributed by atoms with Gasteiger partial charge in [-0.2, -0.15) is 0 Å². The molecule has 1 rings (SSSR count). The van der Waals surface area contributed by atoms with E-state index in [1.807, 2.05) is 0 Å². The van der Waals surface area contributed by atoms with Gasteiger partial charge in [-0.15, -0.1) is 0 Å². The van der Waals surface area contributed by atoms with E-state index in [-0.39, 0.29) is 10.8 Å². The quantitative estimate of drug-likeness (QED) is 0.812. The summed E-state index contributed by atoms with van der Waals surface area (Å²) in [6, 6.07) is 4.82. The smallest absolute Gasteiger partial charge is 0.306 e. The Balaban J connectivity index is 2.87. The summed E-state index contributed by atoms with van der Waals surface area (Å²) in [5.41, 5.74) is 0.654. The summed E-state index contributed by atoms with van der Waals surface area (Å²) in [5, 5.41) is 18.2. The summed E-state index contributed by atoms with van der Waals surface area (Å²) >= 11 is 5.80. The van der Waals surface area contributed by atoms with Crippen molar-refractivity contribution in [3.8, 4) is 5.75 Å². The summed E-state index contributed by atoms with van der Waals surface area (Å²) in [7, 11) is 0. The number of carboxylic acids is 1. The molecule has 0 aliphatic heterocycles. The number of carbonyl (C=O) groups is 1. The molecule has 0 aliphatic rings. The second kappa shape index (κ2) is 4.33. The zero-order chi connectivity index (χ0) is 10.7. The normalized spacial score (nSPS) is 12.4. The lowest BCUT2D eigenvalue weighted by Gasteiger charge is -2.08. The minimum atomic E-state index is -0.871. The fourth-order valence-corrected chi connectivity index (χ4v) is 1.34. The van der Waals surface area contributed by atoms with Crippen molar-refractivity contribution >= 4 is 17.6 Å². The molecule has 2 N–H and O–H groups in total. The van der Waals surface area contributed by atoms with E-state index >= 15 is 0 Å². The number of hydrogen-bond acceptors (Lipinski definition) is 2. The van der Waals surface area contributed by atoms with Crippen LogP contribution in [0.15, 0.2) is 18.2 Å². The first-order chi connectivity index (χ1) is 6.52. The van der Waals surface area contributed by atoms with Crippen LogP contribution < -0.4 is 0 Å². The van der Waals surface area contributed by atoms with E-state index in [9.17, 15) is 9.90 Å². The summed E-state index contributed by atoms with van der Waals surface area (Å²) in [6.07, 6.45) is 0.322. The van der Waals surface area contributed by atoms with E-state index < -0.39 is 11.9 Å². The lowest BCUT2D eigenvalue weighted by molar-refractivity contribution is -0.141. The van der Waals surface area contributed by atoms with Gasteiger partial charge in [0.05, 0.1) is 10.9 Å². The first-order valence-electron chi connectivity index (χ1n) is 4.21. The van der Waals surface area contributed by atoms with Crippen LogP contribution in [-0.2, 0) is 11.2 Å². The summed E-state index contributed by atoms with van der Waals surface area (Å²) in [5.74, 6) is -1.39. The van der Waals surface area contributed by atoms with Crippen LogP contribution in [0.5, 0.6) is 5.75 Å². The molecular weight excluding hydrogens is 204 g/mol. The highest BCUT2D eigenvalue weighted by Gasteiger charge is 2.14. The standard InChI is InChI=1S/C10H11ClO3/c1-6(10(13)14)5-7-3-2-4-8(12)9(7)11/h2-4,6,12H,5H2,1H3,(H,13,14)/t6-/m0/s1.